The molecule has 0 spiro atoms. The van der Waals surface area contributed by atoms with Crippen molar-refractivity contribution >= 4 is 5.97 Å². The molecule has 0 saturated carbocycles. The Kier molecular flexibility index (Phi) is 7.69. The van der Waals surface area contributed by atoms with Gasteiger partial charge in [-0.3, -0.25) is 0 Å². The molecule has 0 unspecified atom stereocenters. The van der Waals surface area contributed by atoms with Crippen LogP contribution < -0.4 is 4.74 Å². The van der Waals surface area contributed by atoms with Crippen molar-refractivity contribution in [1.82, 2.24) is 0 Å². The summed E-state index contributed by atoms with van der Waals surface area (Å²) in [6.07, 6.45) is 5.33. The molecular weight excluding hydrogens is 356 g/mol. The average molecular weight is 389 g/mol. The number of hydrogen-bond acceptors (Lipinski definition) is 5. The summed E-state index contributed by atoms with van der Waals surface area (Å²) < 4.78 is 11.0. The van der Waals surface area contributed by atoms with E-state index in [1.165, 1.54) is 25.3 Å². The molecule has 2 N–H and O–H groups in total. The Bertz CT molecular complexity index is 747. The standard InChI is InChI=1S/C23H32O5/c1-14(2)22-19(25)11-15(3)7-6-8-16(4)12-21(22)28-23(26)17-9-10-18(24)20(13-17)27-5/h8-11,13-14,19,21-22,24-25H,6-7,12H2,1-5H3/b15-11+,16-8+/t19-,21-,22+/m1/s1. The van der Waals surface area contributed by atoms with Crippen LogP contribution in [0.3, 0.4) is 0 Å². The predicted octanol–water partition coefficient (Wildman–Crippen LogP) is 4.64. The molecule has 0 aromatic heterocycles. The van der Waals surface area contributed by atoms with Crippen LogP contribution in [0.4, 0.5) is 0 Å². The summed E-state index contributed by atoms with van der Waals surface area (Å²) in [5, 5.41) is 20.6. The number of benzene rings is 1. The van der Waals surface area contributed by atoms with E-state index >= 15 is 0 Å². The highest BCUT2D eigenvalue weighted by Gasteiger charge is 2.33. The lowest BCUT2D eigenvalue weighted by Gasteiger charge is -2.33. The normalized spacial score (nSPS) is 27.3. The van der Waals surface area contributed by atoms with Gasteiger partial charge in [0.25, 0.3) is 0 Å². The summed E-state index contributed by atoms with van der Waals surface area (Å²) in [5.74, 6) is -0.410. The van der Waals surface area contributed by atoms with E-state index in [1.807, 2.05) is 33.8 Å². The molecule has 0 heterocycles. The fourth-order valence-electron chi connectivity index (χ4n) is 3.74. The monoisotopic (exact) mass is 388 g/mol. The summed E-state index contributed by atoms with van der Waals surface area (Å²) in [6, 6.07) is 4.38. The van der Waals surface area contributed by atoms with E-state index in [-0.39, 0.29) is 23.3 Å². The first-order valence-electron chi connectivity index (χ1n) is 9.82. The zero-order valence-electron chi connectivity index (χ0n) is 17.4. The molecule has 0 aliphatic heterocycles. The first-order chi connectivity index (χ1) is 13.2. The van der Waals surface area contributed by atoms with E-state index in [0.29, 0.717) is 12.0 Å². The Morgan fingerprint density at radius 2 is 1.93 bits per heavy atom. The van der Waals surface area contributed by atoms with E-state index in [1.54, 1.807) is 0 Å². The van der Waals surface area contributed by atoms with Crippen LogP contribution in [0.2, 0.25) is 0 Å². The highest BCUT2D eigenvalue weighted by Crippen LogP contribution is 2.31. The van der Waals surface area contributed by atoms with Crippen LogP contribution in [-0.4, -0.2) is 35.5 Å². The number of rotatable bonds is 4. The molecule has 0 fully saturated rings. The number of allylic oxidation sites excluding steroid dienone is 2. The number of phenols is 1. The minimum Gasteiger partial charge on any atom is -0.504 e. The summed E-state index contributed by atoms with van der Waals surface area (Å²) >= 11 is 0. The van der Waals surface area contributed by atoms with Gasteiger partial charge in [0.05, 0.1) is 18.8 Å². The van der Waals surface area contributed by atoms with Crippen molar-refractivity contribution in [1.29, 1.82) is 0 Å². The van der Waals surface area contributed by atoms with Crippen molar-refractivity contribution in [3.8, 4) is 11.5 Å². The molecule has 0 bridgehead atoms. The third kappa shape index (κ3) is 5.61. The second-order valence-corrected chi connectivity index (χ2v) is 7.95. The van der Waals surface area contributed by atoms with Gasteiger partial charge < -0.3 is 19.7 Å². The number of hydrogen-bond donors (Lipinski definition) is 2. The van der Waals surface area contributed by atoms with Crippen LogP contribution >= 0.6 is 0 Å². The molecule has 2 rings (SSSR count). The molecular formula is C23H32O5. The molecule has 0 saturated heterocycles. The lowest BCUT2D eigenvalue weighted by molar-refractivity contribution is -0.0217. The fourth-order valence-corrected chi connectivity index (χ4v) is 3.74. The first kappa shape index (κ1) is 22.0. The lowest BCUT2D eigenvalue weighted by atomic mass is 9.81. The van der Waals surface area contributed by atoms with E-state index in [4.69, 9.17) is 9.47 Å². The van der Waals surface area contributed by atoms with Crippen molar-refractivity contribution in [2.24, 2.45) is 11.8 Å². The molecule has 1 aliphatic carbocycles. The molecule has 0 amide bonds. The zero-order valence-corrected chi connectivity index (χ0v) is 17.4. The maximum atomic E-state index is 12.8. The average Bonchev–Trinajstić information content (AvgIpc) is 2.61. The van der Waals surface area contributed by atoms with Gasteiger partial charge in [-0.25, -0.2) is 4.79 Å². The SMILES string of the molecule is COc1cc(C(=O)O[C@@H]2C/C(C)=C/CC/C(C)=C/[C@@H](O)[C@@H]2C(C)C)ccc1O. The lowest BCUT2D eigenvalue weighted by Crippen LogP contribution is -2.38. The van der Waals surface area contributed by atoms with Crippen LogP contribution in [-0.2, 0) is 4.74 Å². The molecule has 1 aromatic rings. The van der Waals surface area contributed by atoms with Gasteiger partial charge in [-0.2, -0.15) is 0 Å². The van der Waals surface area contributed by atoms with Gasteiger partial charge in [-0.05, 0) is 50.8 Å². The van der Waals surface area contributed by atoms with Gasteiger partial charge >= 0.3 is 5.97 Å². The van der Waals surface area contributed by atoms with Gasteiger partial charge in [0, 0.05) is 12.3 Å². The molecule has 1 aromatic carbocycles. The van der Waals surface area contributed by atoms with Crippen LogP contribution in [0, 0.1) is 11.8 Å². The minimum absolute atomic E-state index is 0.0346. The molecule has 1 aliphatic rings. The quantitative estimate of drug-likeness (QED) is 0.581. The number of ether oxygens (including phenoxy) is 2. The Morgan fingerprint density at radius 3 is 2.57 bits per heavy atom. The Labute approximate surface area is 167 Å². The first-order valence-corrected chi connectivity index (χ1v) is 9.82. The van der Waals surface area contributed by atoms with E-state index in [9.17, 15) is 15.0 Å². The second-order valence-electron chi connectivity index (χ2n) is 7.95. The highest BCUT2D eigenvalue weighted by molar-refractivity contribution is 5.90. The van der Waals surface area contributed by atoms with Crippen LogP contribution in [0.1, 0.15) is 57.3 Å². The molecule has 5 nitrogen and oxygen atoms in total. The van der Waals surface area contributed by atoms with Crippen molar-refractivity contribution in [2.75, 3.05) is 7.11 Å². The molecule has 0 radical (unpaired) electrons. The van der Waals surface area contributed by atoms with Gasteiger partial charge in [0.2, 0.25) is 0 Å². The third-order valence-corrected chi connectivity index (χ3v) is 5.28. The number of methoxy groups -OCH3 is 1. The second kappa shape index (κ2) is 9.78. The third-order valence-electron chi connectivity index (χ3n) is 5.28. The molecule has 28 heavy (non-hydrogen) atoms. The van der Waals surface area contributed by atoms with Gasteiger partial charge in [-0.15, -0.1) is 0 Å². The fraction of sp³-hybridized carbons (Fsp3) is 0.522. The number of carbonyl (C=O) groups is 1. The number of aromatic hydroxyl groups is 1. The van der Waals surface area contributed by atoms with E-state index < -0.39 is 18.2 Å². The van der Waals surface area contributed by atoms with Gasteiger partial charge in [0.1, 0.15) is 6.10 Å². The number of aliphatic hydroxyl groups excluding tert-OH is 1. The maximum absolute atomic E-state index is 12.8. The topological polar surface area (TPSA) is 76.0 Å². The van der Waals surface area contributed by atoms with Crippen molar-refractivity contribution in [3.05, 3.63) is 47.1 Å². The van der Waals surface area contributed by atoms with E-state index in [0.717, 1.165) is 24.0 Å². The highest BCUT2D eigenvalue weighted by atomic mass is 16.5. The Hall–Kier alpha value is -2.27. The summed E-state index contributed by atoms with van der Waals surface area (Å²) in [5.41, 5.74) is 2.59. The predicted molar refractivity (Wildman–Crippen MR) is 110 cm³/mol. The molecule has 3 atom stereocenters. The minimum atomic E-state index is -0.682. The van der Waals surface area contributed by atoms with Crippen LogP contribution in [0.15, 0.2) is 41.5 Å². The number of aliphatic hydroxyl groups is 1. The summed E-state index contributed by atoms with van der Waals surface area (Å²) in [6.45, 7) is 8.13. The summed E-state index contributed by atoms with van der Waals surface area (Å²) in [4.78, 5) is 12.8. The van der Waals surface area contributed by atoms with Crippen molar-refractivity contribution < 1.29 is 24.5 Å². The van der Waals surface area contributed by atoms with E-state index in [2.05, 4.69) is 6.08 Å². The number of phenolic OH excluding ortho intramolecular Hbond substituents is 1. The number of carbonyl (C=O) groups excluding carboxylic acids is 1. The summed E-state index contributed by atoms with van der Waals surface area (Å²) in [7, 11) is 1.43. The smallest absolute Gasteiger partial charge is 0.338 e. The largest absolute Gasteiger partial charge is 0.504 e. The molecule has 154 valence electrons. The van der Waals surface area contributed by atoms with Gasteiger partial charge in [0.15, 0.2) is 11.5 Å². The Morgan fingerprint density at radius 1 is 1.21 bits per heavy atom. The maximum Gasteiger partial charge on any atom is 0.338 e. The van der Waals surface area contributed by atoms with Gasteiger partial charge in [-0.1, -0.05) is 37.1 Å². The number of esters is 1. The van der Waals surface area contributed by atoms with Crippen LogP contribution in [0.5, 0.6) is 11.5 Å². The Balaban J connectivity index is 2.33. The van der Waals surface area contributed by atoms with Crippen molar-refractivity contribution in [2.45, 2.75) is 59.2 Å². The zero-order chi connectivity index (χ0) is 20.8. The van der Waals surface area contributed by atoms with Crippen molar-refractivity contribution in [3.63, 3.8) is 0 Å². The van der Waals surface area contributed by atoms with Crippen LogP contribution in [0.25, 0.3) is 0 Å². The molecule has 5 heteroatoms.